The minimum atomic E-state index is -3.66. The van der Waals surface area contributed by atoms with E-state index >= 15 is 0 Å². The van der Waals surface area contributed by atoms with Crippen molar-refractivity contribution in [3.63, 3.8) is 0 Å². The maximum absolute atomic E-state index is 13.9. The zero-order valence-corrected chi connectivity index (χ0v) is 13.3. The summed E-state index contributed by atoms with van der Waals surface area (Å²) in [5.41, 5.74) is 5.77. The molecule has 1 aliphatic carbocycles. The van der Waals surface area contributed by atoms with Gasteiger partial charge in [0, 0.05) is 0 Å². The van der Waals surface area contributed by atoms with Crippen LogP contribution in [0.25, 0.3) is 0 Å². The van der Waals surface area contributed by atoms with Gasteiger partial charge in [-0.15, -0.1) is 0 Å². The first kappa shape index (κ1) is 16.4. The third-order valence-corrected chi connectivity index (χ3v) is 6.90. The second kappa shape index (κ2) is 6.88. The predicted octanol–water partition coefficient (Wildman–Crippen LogP) is 3.14. The largest absolute Gasteiger partial charge is 0.330 e. The molecule has 0 heterocycles. The van der Waals surface area contributed by atoms with E-state index < -0.39 is 20.9 Å². The van der Waals surface area contributed by atoms with Gasteiger partial charge in [-0.1, -0.05) is 38.3 Å². The molecule has 3 nitrogen and oxygen atoms in total. The number of hydrogen-bond donors (Lipinski definition) is 1. The average molecular weight is 313 g/mol. The fraction of sp³-hybridized carbons (Fsp3) is 0.625. The van der Waals surface area contributed by atoms with E-state index in [0.717, 1.165) is 25.7 Å². The van der Waals surface area contributed by atoms with Crippen molar-refractivity contribution in [3.8, 4) is 0 Å². The molecule has 0 aliphatic heterocycles. The molecule has 118 valence electrons. The molecule has 1 fully saturated rings. The Balaban J connectivity index is 2.33. The van der Waals surface area contributed by atoms with E-state index in [1.54, 1.807) is 6.07 Å². The normalized spacial score (nSPS) is 26.7. The molecule has 3 unspecified atom stereocenters. The van der Waals surface area contributed by atoms with Crippen molar-refractivity contribution >= 4 is 9.84 Å². The van der Waals surface area contributed by atoms with Crippen LogP contribution in [0.5, 0.6) is 0 Å². The van der Waals surface area contributed by atoms with Crippen LogP contribution in [0.1, 0.15) is 39.0 Å². The maximum Gasteiger partial charge on any atom is 0.184 e. The lowest BCUT2D eigenvalue weighted by molar-refractivity contribution is 0.268. The molecule has 0 saturated heterocycles. The van der Waals surface area contributed by atoms with E-state index in [1.807, 2.05) is 0 Å². The molecule has 0 amide bonds. The van der Waals surface area contributed by atoms with Gasteiger partial charge in [0.15, 0.2) is 9.84 Å². The van der Waals surface area contributed by atoms with Gasteiger partial charge in [-0.25, -0.2) is 12.8 Å². The lowest BCUT2D eigenvalue weighted by Gasteiger charge is -2.35. The van der Waals surface area contributed by atoms with Crippen molar-refractivity contribution in [2.24, 2.45) is 17.6 Å². The molecule has 0 aromatic heterocycles. The molecule has 2 N–H and O–H groups in total. The summed E-state index contributed by atoms with van der Waals surface area (Å²) in [5, 5.41) is -0.551. The molecular formula is C16H24FNO2S. The summed E-state index contributed by atoms with van der Waals surface area (Å²) >= 11 is 0. The third-order valence-electron chi connectivity index (χ3n) is 4.58. The summed E-state index contributed by atoms with van der Waals surface area (Å²) in [5.74, 6) is -0.321. The van der Waals surface area contributed by atoms with Crippen LogP contribution in [-0.4, -0.2) is 20.2 Å². The number of benzene rings is 1. The fourth-order valence-corrected chi connectivity index (χ4v) is 5.65. The van der Waals surface area contributed by atoms with E-state index in [0.29, 0.717) is 18.9 Å². The minimum absolute atomic E-state index is 0.0669. The molecule has 2 rings (SSSR count). The van der Waals surface area contributed by atoms with Crippen LogP contribution >= 0.6 is 0 Å². The first-order valence-electron chi connectivity index (χ1n) is 7.69. The van der Waals surface area contributed by atoms with Crippen molar-refractivity contribution in [3.05, 3.63) is 30.1 Å². The number of nitrogens with two attached hydrogens (primary N) is 1. The molecule has 5 heteroatoms. The highest BCUT2D eigenvalue weighted by Gasteiger charge is 2.39. The summed E-state index contributed by atoms with van der Waals surface area (Å²) in [4.78, 5) is -0.175. The quantitative estimate of drug-likeness (QED) is 0.908. The Labute approximate surface area is 126 Å². The summed E-state index contributed by atoms with van der Waals surface area (Å²) in [6.07, 6.45) is 4.52. The molecule has 1 aliphatic rings. The van der Waals surface area contributed by atoms with Crippen LogP contribution in [-0.2, 0) is 9.84 Å². The zero-order chi connectivity index (χ0) is 15.5. The summed E-state index contributed by atoms with van der Waals surface area (Å²) < 4.78 is 39.6. The highest BCUT2D eigenvalue weighted by molar-refractivity contribution is 7.92. The molecular weight excluding hydrogens is 289 g/mol. The lowest BCUT2D eigenvalue weighted by Crippen LogP contribution is -2.40. The van der Waals surface area contributed by atoms with Crippen LogP contribution in [0.2, 0.25) is 0 Å². The van der Waals surface area contributed by atoms with Gasteiger partial charge < -0.3 is 5.73 Å². The SMILES string of the molecule is CCCC1CCC(CN)C(S(=O)(=O)c2ccccc2F)C1. The predicted molar refractivity (Wildman–Crippen MR) is 82.2 cm³/mol. The maximum atomic E-state index is 13.9. The Bertz CT molecular complexity index is 573. The molecule has 1 saturated carbocycles. The van der Waals surface area contributed by atoms with Gasteiger partial charge in [-0.05, 0) is 43.4 Å². The van der Waals surface area contributed by atoms with E-state index in [1.165, 1.54) is 18.2 Å². The highest BCUT2D eigenvalue weighted by Crippen LogP contribution is 2.38. The first-order valence-corrected chi connectivity index (χ1v) is 9.23. The smallest absolute Gasteiger partial charge is 0.184 e. The Hall–Kier alpha value is -0.940. The van der Waals surface area contributed by atoms with E-state index in [2.05, 4.69) is 6.92 Å². The van der Waals surface area contributed by atoms with Gasteiger partial charge in [-0.2, -0.15) is 0 Å². The highest BCUT2D eigenvalue weighted by atomic mass is 32.2. The van der Waals surface area contributed by atoms with Crippen molar-refractivity contribution in [2.45, 2.75) is 49.2 Å². The summed E-state index contributed by atoms with van der Waals surface area (Å²) in [6.45, 7) is 2.45. The number of hydrogen-bond acceptors (Lipinski definition) is 3. The van der Waals surface area contributed by atoms with Crippen molar-refractivity contribution in [1.82, 2.24) is 0 Å². The van der Waals surface area contributed by atoms with Gasteiger partial charge in [-0.3, -0.25) is 0 Å². The van der Waals surface area contributed by atoms with Gasteiger partial charge in [0.05, 0.1) is 5.25 Å². The summed E-state index contributed by atoms with van der Waals surface area (Å²) in [7, 11) is -3.66. The van der Waals surface area contributed by atoms with E-state index in [9.17, 15) is 12.8 Å². The van der Waals surface area contributed by atoms with E-state index in [-0.39, 0.29) is 10.8 Å². The molecule has 3 atom stereocenters. The standard InChI is InChI=1S/C16H24FNO2S/c1-2-5-12-8-9-13(11-18)16(10-12)21(19,20)15-7-4-3-6-14(15)17/h3-4,6-7,12-13,16H,2,5,8-11,18H2,1H3. The van der Waals surface area contributed by atoms with Crippen LogP contribution in [0, 0.1) is 17.7 Å². The monoisotopic (exact) mass is 313 g/mol. The molecule has 1 aromatic rings. The van der Waals surface area contributed by atoms with Gasteiger partial charge in [0.25, 0.3) is 0 Å². The average Bonchev–Trinajstić information content (AvgIpc) is 2.48. The number of rotatable bonds is 5. The second-order valence-electron chi connectivity index (χ2n) is 5.98. The van der Waals surface area contributed by atoms with Crippen molar-refractivity contribution in [1.29, 1.82) is 0 Å². The fourth-order valence-electron chi connectivity index (χ4n) is 3.43. The van der Waals surface area contributed by atoms with Crippen LogP contribution in [0.15, 0.2) is 29.2 Å². The number of sulfone groups is 1. The molecule has 21 heavy (non-hydrogen) atoms. The topological polar surface area (TPSA) is 60.2 Å². The van der Waals surface area contributed by atoms with Gasteiger partial charge in [0.2, 0.25) is 0 Å². The lowest BCUT2D eigenvalue weighted by atomic mass is 9.80. The van der Waals surface area contributed by atoms with Gasteiger partial charge >= 0.3 is 0 Å². The molecule has 0 bridgehead atoms. The van der Waals surface area contributed by atoms with Crippen molar-refractivity contribution in [2.75, 3.05) is 6.54 Å². The summed E-state index contributed by atoms with van der Waals surface area (Å²) in [6, 6.07) is 5.65. The van der Waals surface area contributed by atoms with Gasteiger partial charge in [0.1, 0.15) is 10.7 Å². The molecule has 1 aromatic carbocycles. The Morgan fingerprint density at radius 2 is 2.00 bits per heavy atom. The Morgan fingerprint density at radius 1 is 1.29 bits per heavy atom. The second-order valence-corrected chi connectivity index (χ2v) is 8.11. The Morgan fingerprint density at radius 3 is 2.62 bits per heavy atom. The molecule has 0 spiro atoms. The zero-order valence-electron chi connectivity index (χ0n) is 12.5. The first-order chi connectivity index (χ1) is 10.0. The molecule has 0 radical (unpaired) electrons. The number of halogens is 1. The minimum Gasteiger partial charge on any atom is -0.330 e. The van der Waals surface area contributed by atoms with E-state index in [4.69, 9.17) is 5.73 Å². The Kier molecular flexibility index (Phi) is 5.38. The van der Waals surface area contributed by atoms with Crippen LogP contribution < -0.4 is 5.73 Å². The van der Waals surface area contributed by atoms with Crippen LogP contribution in [0.4, 0.5) is 4.39 Å². The van der Waals surface area contributed by atoms with Crippen LogP contribution in [0.3, 0.4) is 0 Å². The van der Waals surface area contributed by atoms with Crippen molar-refractivity contribution < 1.29 is 12.8 Å². The third kappa shape index (κ3) is 3.46.